The number of nitrogens with one attached hydrogen (secondary N) is 1. The minimum Gasteiger partial charge on any atom is -0.466 e. The number of nitrogens with zero attached hydrogens (tertiary/aromatic N) is 2. The van der Waals surface area contributed by atoms with Crippen molar-refractivity contribution >= 4 is 40.1 Å². The summed E-state index contributed by atoms with van der Waals surface area (Å²) in [6.45, 7) is 2.58. The zero-order valence-corrected chi connectivity index (χ0v) is 16.9. The molecule has 1 N–H and O–H groups in total. The minimum atomic E-state index is -0.386. The lowest BCUT2D eigenvalue weighted by Crippen LogP contribution is -2.37. The van der Waals surface area contributed by atoms with Crippen molar-refractivity contribution in [2.75, 3.05) is 13.7 Å². The molecule has 1 amide bonds. The van der Waals surface area contributed by atoms with Gasteiger partial charge in [0.25, 0.3) is 0 Å². The zero-order valence-electron chi connectivity index (χ0n) is 15.2. The molecule has 1 aromatic rings. The average Bonchev–Trinajstić information content (AvgIpc) is 3.17. The van der Waals surface area contributed by atoms with E-state index in [0.29, 0.717) is 17.2 Å². The van der Waals surface area contributed by atoms with Crippen LogP contribution in [0.5, 0.6) is 0 Å². The first-order valence-electron chi connectivity index (χ1n) is 8.91. The summed E-state index contributed by atoms with van der Waals surface area (Å²) in [6, 6.07) is 3.65. The Bertz CT molecular complexity index is 854. The van der Waals surface area contributed by atoms with Gasteiger partial charge in [0, 0.05) is 17.1 Å². The van der Waals surface area contributed by atoms with Gasteiger partial charge in [-0.3, -0.25) is 4.79 Å². The largest absolute Gasteiger partial charge is 0.466 e. The lowest BCUT2D eigenvalue weighted by atomic mass is 9.99. The highest BCUT2D eigenvalue weighted by atomic mass is 32.2. The Kier molecular flexibility index (Phi) is 5.10. The average molecular weight is 404 g/mol. The van der Waals surface area contributed by atoms with Crippen molar-refractivity contribution in [1.82, 2.24) is 10.2 Å². The second-order valence-electron chi connectivity index (χ2n) is 6.82. The number of amides is 1. The van der Waals surface area contributed by atoms with Gasteiger partial charge in [-0.05, 0) is 42.5 Å². The SMILES string of the molecule is COC(=O)C1=C(C)N=C2SC=C(CC(=O)NCC3CC3)N2C1c1cccs1. The molecule has 27 heavy (non-hydrogen) atoms. The van der Waals surface area contributed by atoms with E-state index in [1.165, 1.54) is 31.7 Å². The number of carbonyl (C=O) groups excluding carboxylic acids is 2. The smallest absolute Gasteiger partial charge is 0.338 e. The maximum Gasteiger partial charge on any atom is 0.338 e. The van der Waals surface area contributed by atoms with Crippen LogP contribution in [-0.4, -0.2) is 35.6 Å². The molecule has 1 unspecified atom stereocenters. The predicted octanol–water partition coefficient (Wildman–Crippen LogP) is 3.41. The normalized spacial score (nSPS) is 21.6. The van der Waals surface area contributed by atoms with Crippen LogP contribution >= 0.6 is 23.1 Å². The number of methoxy groups -OCH3 is 1. The van der Waals surface area contributed by atoms with Gasteiger partial charge in [0.1, 0.15) is 6.04 Å². The molecule has 2 aliphatic heterocycles. The molecule has 0 aromatic carbocycles. The number of hydrogen-bond acceptors (Lipinski definition) is 7. The fraction of sp³-hybridized carbons (Fsp3) is 0.421. The summed E-state index contributed by atoms with van der Waals surface area (Å²) in [4.78, 5) is 32.5. The van der Waals surface area contributed by atoms with Crippen LogP contribution in [0.4, 0.5) is 0 Å². The number of thioether (sulfide) groups is 1. The maximum absolute atomic E-state index is 12.5. The summed E-state index contributed by atoms with van der Waals surface area (Å²) >= 11 is 3.07. The summed E-state index contributed by atoms with van der Waals surface area (Å²) in [5.74, 6) is 0.261. The number of aliphatic imine (C=N–C) groups is 1. The van der Waals surface area contributed by atoms with Crippen molar-refractivity contribution in [1.29, 1.82) is 0 Å². The molecule has 6 nitrogen and oxygen atoms in total. The molecule has 1 saturated carbocycles. The topological polar surface area (TPSA) is 71.0 Å². The maximum atomic E-state index is 12.5. The molecule has 0 radical (unpaired) electrons. The number of carbonyl (C=O) groups is 2. The van der Waals surface area contributed by atoms with Gasteiger partial charge in [-0.1, -0.05) is 17.8 Å². The fourth-order valence-corrected chi connectivity index (χ4v) is 5.05. The second kappa shape index (κ2) is 7.52. The van der Waals surface area contributed by atoms with Crippen molar-refractivity contribution in [3.63, 3.8) is 0 Å². The van der Waals surface area contributed by atoms with E-state index in [4.69, 9.17) is 4.74 Å². The highest BCUT2D eigenvalue weighted by Gasteiger charge is 2.41. The molecule has 3 heterocycles. The number of ether oxygens (including phenoxy) is 1. The predicted molar refractivity (Wildman–Crippen MR) is 107 cm³/mol. The van der Waals surface area contributed by atoms with Crippen LogP contribution in [0, 0.1) is 5.92 Å². The third kappa shape index (κ3) is 3.68. The minimum absolute atomic E-state index is 0.00539. The monoisotopic (exact) mass is 403 g/mol. The summed E-state index contributed by atoms with van der Waals surface area (Å²) in [5, 5.41) is 7.76. The van der Waals surface area contributed by atoms with Crippen LogP contribution in [-0.2, 0) is 14.3 Å². The Morgan fingerprint density at radius 2 is 2.22 bits per heavy atom. The van der Waals surface area contributed by atoms with Gasteiger partial charge in [-0.15, -0.1) is 11.3 Å². The molecule has 4 rings (SSSR count). The molecule has 1 aliphatic carbocycles. The molecule has 0 bridgehead atoms. The van der Waals surface area contributed by atoms with E-state index in [2.05, 4.69) is 10.3 Å². The highest BCUT2D eigenvalue weighted by Crippen LogP contribution is 2.45. The van der Waals surface area contributed by atoms with Gasteiger partial charge in [-0.25, -0.2) is 9.79 Å². The number of allylic oxidation sites excluding steroid dienone is 1. The molecular weight excluding hydrogens is 382 g/mol. The van der Waals surface area contributed by atoms with Crippen LogP contribution in [0.25, 0.3) is 0 Å². The molecule has 1 aromatic heterocycles. The number of rotatable bonds is 6. The third-order valence-electron chi connectivity index (χ3n) is 4.85. The van der Waals surface area contributed by atoms with Crippen LogP contribution in [0.2, 0.25) is 0 Å². The quantitative estimate of drug-likeness (QED) is 0.737. The van der Waals surface area contributed by atoms with Gasteiger partial charge < -0.3 is 15.0 Å². The van der Waals surface area contributed by atoms with Gasteiger partial charge in [0.15, 0.2) is 5.17 Å². The molecule has 0 spiro atoms. The number of fused-ring (bicyclic) bond motifs is 1. The van der Waals surface area contributed by atoms with E-state index in [9.17, 15) is 9.59 Å². The molecular formula is C19H21N3O3S2. The first kappa shape index (κ1) is 18.3. The van der Waals surface area contributed by atoms with E-state index in [1.54, 1.807) is 11.3 Å². The fourth-order valence-electron chi connectivity index (χ4n) is 3.26. The number of esters is 1. The lowest BCUT2D eigenvalue weighted by molar-refractivity contribution is -0.136. The summed E-state index contributed by atoms with van der Waals surface area (Å²) < 4.78 is 5.03. The molecule has 0 saturated heterocycles. The first-order valence-corrected chi connectivity index (χ1v) is 10.7. The zero-order chi connectivity index (χ0) is 19.0. The van der Waals surface area contributed by atoms with E-state index in [-0.39, 0.29) is 24.3 Å². The van der Waals surface area contributed by atoms with Crippen molar-refractivity contribution in [2.45, 2.75) is 32.2 Å². The molecule has 1 atom stereocenters. The van der Waals surface area contributed by atoms with E-state index < -0.39 is 0 Å². The number of hydrogen-bond donors (Lipinski definition) is 1. The third-order valence-corrected chi connectivity index (χ3v) is 6.66. The van der Waals surface area contributed by atoms with Gasteiger partial charge >= 0.3 is 5.97 Å². The lowest BCUT2D eigenvalue weighted by Gasteiger charge is -2.35. The number of amidine groups is 1. The molecule has 142 valence electrons. The Labute approximate surface area is 166 Å². The van der Waals surface area contributed by atoms with E-state index in [0.717, 1.165) is 22.3 Å². The summed E-state index contributed by atoms with van der Waals surface area (Å²) in [6.07, 6.45) is 2.68. The summed E-state index contributed by atoms with van der Waals surface area (Å²) in [5.41, 5.74) is 2.04. The Balaban J connectivity index is 1.62. The van der Waals surface area contributed by atoms with Crippen LogP contribution in [0.15, 0.2) is 44.9 Å². The molecule has 1 fully saturated rings. The standard InChI is InChI=1S/C19H21N3O3S2/c1-11-16(18(24)25-2)17(14-4-3-7-26-14)22-13(10-27-19(22)21-11)8-15(23)20-9-12-5-6-12/h3-4,7,10,12,17H,5-6,8-9H2,1-2H3,(H,20,23). The molecule has 8 heteroatoms. The van der Waals surface area contributed by atoms with Gasteiger partial charge in [0.2, 0.25) is 5.91 Å². The Morgan fingerprint density at radius 1 is 1.41 bits per heavy atom. The second-order valence-corrected chi connectivity index (χ2v) is 8.64. The Morgan fingerprint density at radius 3 is 2.89 bits per heavy atom. The number of thiophene rings is 1. The van der Waals surface area contributed by atoms with Crippen LogP contribution < -0.4 is 5.32 Å². The van der Waals surface area contributed by atoms with Crippen LogP contribution in [0.1, 0.15) is 37.1 Å². The van der Waals surface area contributed by atoms with Crippen molar-refractivity contribution in [3.05, 3.63) is 44.8 Å². The van der Waals surface area contributed by atoms with Crippen molar-refractivity contribution < 1.29 is 14.3 Å². The first-order chi connectivity index (χ1) is 13.1. The van der Waals surface area contributed by atoms with Crippen molar-refractivity contribution in [3.8, 4) is 0 Å². The van der Waals surface area contributed by atoms with E-state index >= 15 is 0 Å². The van der Waals surface area contributed by atoms with Gasteiger partial charge in [0.05, 0.1) is 24.8 Å². The highest BCUT2D eigenvalue weighted by molar-refractivity contribution is 8.16. The van der Waals surface area contributed by atoms with E-state index in [1.807, 2.05) is 34.7 Å². The van der Waals surface area contributed by atoms with Gasteiger partial charge in [-0.2, -0.15) is 0 Å². The van der Waals surface area contributed by atoms with Crippen molar-refractivity contribution in [2.24, 2.45) is 10.9 Å². The van der Waals surface area contributed by atoms with Crippen LogP contribution in [0.3, 0.4) is 0 Å². The molecule has 3 aliphatic rings. The summed E-state index contributed by atoms with van der Waals surface area (Å²) in [7, 11) is 1.38. The Hall–Kier alpha value is -2.06.